The predicted octanol–water partition coefficient (Wildman–Crippen LogP) is 4.76. The molecule has 3 N–H and O–H groups in total. The summed E-state index contributed by atoms with van der Waals surface area (Å²) in [6, 6.07) is 17.3. The van der Waals surface area contributed by atoms with Gasteiger partial charge >= 0.3 is 0 Å². The van der Waals surface area contributed by atoms with E-state index in [0.717, 1.165) is 33.3 Å². The second kappa shape index (κ2) is 5.63. The van der Waals surface area contributed by atoms with Crippen LogP contribution in [0.25, 0.3) is 33.3 Å². The van der Waals surface area contributed by atoms with Gasteiger partial charge in [-0.15, -0.1) is 0 Å². The van der Waals surface area contributed by atoms with Gasteiger partial charge in [-0.2, -0.15) is 0 Å². The molecule has 0 unspecified atom stereocenters. The van der Waals surface area contributed by atoms with Crippen LogP contribution in [-0.2, 0) is 0 Å². The van der Waals surface area contributed by atoms with E-state index in [4.69, 9.17) is 4.42 Å². The normalized spacial score (nSPS) is 11.8. The van der Waals surface area contributed by atoms with Crippen molar-refractivity contribution in [2.24, 2.45) is 4.99 Å². The van der Waals surface area contributed by atoms with Crippen molar-refractivity contribution in [1.82, 2.24) is 15.0 Å². The van der Waals surface area contributed by atoms with Crippen molar-refractivity contribution in [3.8, 4) is 17.2 Å². The molecule has 0 saturated carbocycles. The number of fused-ring (bicyclic) bond motifs is 2. The van der Waals surface area contributed by atoms with Crippen LogP contribution in [-0.4, -0.2) is 26.3 Å². The van der Waals surface area contributed by atoms with Crippen LogP contribution in [0.15, 0.2) is 70.3 Å². The van der Waals surface area contributed by atoms with Crippen LogP contribution in [0, 0.1) is 0 Å². The lowest BCUT2D eigenvalue weighted by atomic mass is 10.1. The van der Waals surface area contributed by atoms with Crippen molar-refractivity contribution in [1.29, 1.82) is 0 Å². The van der Waals surface area contributed by atoms with Crippen molar-refractivity contribution in [2.75, 3.05) is 0 Å². The molecule has 3 heterocycles. The van der Waals surface area contributed by atoms with E-state index in [-0.39, 0.29) is 5.88 Å². The van der Waals surface area contributed by atoms with Crippen molar-refractivity contribution in [3.63, 3.8) is 0 Å². The first kappa shape index (κ1) is 14.5. The molecule has 0 saturated heterocycles. The van der Waals surface area contributed by atoms with Gasteiger partial charge in [0.2, 0.25) is 5.95 Å². The van der Waals surface area contributed by atoms with Crippen molar-refractivity contribution in [2.45, 2.75) is 0 Å². The molecular weight excluding hydrogens is 328 g/mol. The van der Waals surface area contributed by atoms with E-state index in [1.165, 1.54) is 0 Å². The molecule has 0 aliphatic rings. The van der Waals surface area contributed by atoms with Gasteiger partial charge in [-0.25, -0.2) is 9.98 Å². The first-order chi connectivity index (χ1) is 12.8. The Bertz CT molecular complexity index is 1210. The molecule has 26 heavy (non-hydrogen) atoms. The molecule has 5 rings (SSSR count). The lowest BCUT2D eigenvalue weighted by molar-refractivity contribution is 0.457. The van der Waals surface area contributed by atoms with Crippen LogP contribution in [0.5, 0.6) is 5.88 Å². The highest BCUT2D eigenvalue weighted by Gasteiger charge is 2.11. The third-order valence-electron chi connectivity index (χ3n) is 4.32. The van der Waals surface area contributed by atoms with Gasteiger partial charge in [0.1, 0.15) is 5.76 Å². The number of furan rings is 1. The van der Waals surface area contributed by atoms with Crippen LogP contribution < -0.4 is 0 Å². The van der Waals surface area contributed by atoms with Gasteiger partial charge in [-0.05, 0) is 30.3 Å². The monoisotopic (exact) mass is 342 g/mol. The minimum Gasteiger partial charge on any atom is -0.494 e. The molecule has 0 amide bonds. The summed E-state index contributed by atoms with van der Waals surface area (Å²) in [5, 5.41) is 11.1. The van der Waals surface area contributed by atoms with Crippen molar-refractivity contribution in [3.05, 3.63) is 66.4 Å². The summed E-state index contributed by atoms with van der Waals surface area (Å²) < 4.78 is 5.42. The minimum atomic E-state index is 0.0662. The average molecular weight is 342 g/mol. The van der Waals surface area contributed by atoms with Gasteiger partial charge in [-0.3, -0.25) is 0 Å². The second-order valence-corrected chi connectivity index (χ2v) is 5.96. The van der Waals surface area contributed by atoms with Crippen LogP contribution in [0.1, 0.15) is 5.56 Å². The van der Waals surface area contributed by atoms with Crippen LogP contribution >= 0.6 is 0 Å². The molecule has 5 aromatic rings. The maximum absolute atomic E-state index is 10.3. The zero-order chi connectivity index (χ0) is 17.5. The topological polar surface area (TPSA) is 90.2 Å². The second-order valence-electron chi connectivity index (χ2n) is 5.96. The Morgan fingerprint density at radius 3 is 2.77 bits per heavy atom. The number of aromatic hydroxyl groups is 1. The Labute approximate surface area is 147 Å². The summed E-state index contributed by atoms with van der Waals surface area (Å²) in [5.74, 6) is 1.34. The number of imidazole rings is 1. The van der Waals surface area contributed by atoms with Gasteiger partial charge in [0, 0.05) is 22.7 Å². The van der Waals surface area contributed by atoms with Crippen LogP contribution in [0.4, 0.5) is 5.95 Å². The highest BCUT2D eigenvalue weighted by atomic mass is 16.3. The molecule has 0 bridgehead atoms. The summed E-state index contributed by atoms with van der Waals surface area (Å²) in [6.45, 7) is 0. The fraction of sp³-hybridized carbons (Fsp3) is 0. The quantitative estimate of drug-likeness (QED) is 0.413. The zero-order valence-electron chi connectivity index (χ0n) is 13.6. The first-order valence-corrected chi connectivity index (χ1v) is 8.15. The Hall–Kier alpha value is -3.80. The molecule has 0 aliphatic carbocycles. The number of hydrogen-bond donors (Lipinski definition) is 3. The lowest BCUT2D eigenvalue weighted by Crippen LogP contribution is -1.80. The number of nitrogens with zero attached hydrogens (tertiary/aromatic N) is 2. The van der Waals surface area contributed by atoms with E-state index in [9.17, 15) is 5.11 Å². The third kappa shape index (κ3) is 2.36. The highest BCUT2D eigenvalue weighted by Crippen LogP contribution is 2.30. The molecule has 0 spiro atoms. The average Bonchev–Trinajstić information content (AvgIpc) is 3.37. The van der Waals surface area contributed by atoms with Gasteiger partial charge in [0.15, 0.2) is 5.88 Å². The summed E-state index contributed by atoms with van der Waals surface area (Å²) in [7, 11) is 0. The van der Waals surface area contributed by atoms with E-state index in [1.807, 2.05) is 54.6 Å². The molecule has 3 aromatic heterocycles. The van der Waals surface area contributed by atoms with Crippen LogP contribution in [0.2, 0.25) is 0 Å². The van der Waals surface area contributed by atoms with E-state index in [1.54, 1.807) is 12.5 Å². The Morgan fingerprint density at radius 1 is 1.00 bits per heavy atom. The summed E-state index contributed by atoms with van der Waals surface area (Å²) in [4.78, 5) is 14.9. The van der Waals surface area contributed by atoms with Crippen molar-refractivity contribution < 1.29 is 9.52 Å². The first-order valence-electron chi connectivity index (χ1n) is 8.15. The minimum absolute atomic E-state index is 0.0662. The largest absolute Gasteiger partial charge is 0.494 e. The van der Waals surface area contributed by atoms with Gasteiger partial charge < -0.3 is 19.5 Å². The number of H-pyrrole nitrogens is 2. The Morgan fingerprint density at radius 2 is 1.92 bits per heavy atom. The predicted molar refractivity (Wildman–Crippen MR) is 101 cm³/mol. The standard InChI is InChI=1S/C20H14N4O2/c25-19-14(11-21-20-23-15-4-1-2-5-16(15)24-20)13-8-7-12(10-17(13)22-19)18-6-3-9-26-18/h1-11,22,25H,(H,23,24). The summed E-state index contributed by atoms with van der Waals surface area (Å²) in [6.07, 6.45) is 3.25. The SMILES string of the molecule is Oc1[nH]c2cc(-c3ccco3)ccc2c1C=Nc1nc2ccccc2[nH]1. The molecule has 0 radical (unpaired) electrons. The summed E-state index contributed by atoms with van der Waals surface area (Å²) in [5.41, 5.74) is 4.13. The fourth-order valence-corrected chi connectivity index (χ4v) is 3.06. The number of rotatable bonds is 3. The van der Waals surface area contributed by atoms with E-state index in [0.29, 0.717) is 11.5 Å². The molecule has 6 heteroatoms. The van der Waals surface area contributed by atoms with Gasteiger partial charge in [-0.1, -0.05) is 24.3 Å². The Kier molecular flexibility index (Phi) is 3.15. The highest BCUT2D eigenvalue weighted by molar-refractivity contribution is 6.03. The van der Waals surface area contributed by atoms with Crippen LogP contribution in [0.3, 0.4) is 0 Å². The number of aromatic nitrogens is 3. The number of hydrogen-bond acceptors (Lipinski definition) is 4. The molecular formula is C20H14N4O2. The molecule has 0 aliphatic heterocycles. The number of aromatic amines is 2. The molecule has 0 atom stereocenters. The number of para-hydroxylation sites is 2. The zero-order valence-corrected chi connectivity index (χ0v) is 13.6. The van der Waals surface area contributed by atoms with Gasteiger partial charge in [0.05, 0.1) is 22.9 Å². The van der Waals surface area contributed by atoms with Crippen molar-refractivity contribution >= 4 is 34.1 Å². The number of aliphatic imine (C=N–C) groups is 1. The maximum atomic E-state index is 10.3. The van der Waals surface area contributed by atoms with E-state index >= 15 is 0 Å². The fourth-order valence-electron chi connectivity index (χ4n) is 3.06. The Balaban J connectivity index is 1.54. The lowest BCUT2D eigenvalue weighted by Gasteiger charge is -1.97. The van der Waals surface area contributed by atoms with E-state index in [2.05, 4.69) is 19.9 Å². The van der Waals surface area contributed by atoms with E-state index < -0.39 is 0 Å². The molecule has 0 fully saturated rings. The molecule has 126 valence electrons. The maximum Gasteiger partial charge on any atom is 0.227 e. The summed E-state index contributed by atoms with van der Waals surface area (Å²) >= 11 is 0. The number of nitrogens with one attached hydrogen (secondary N) is 2. The molecule has 2 aromatic carbocycles. The van der Waals surface area contributed by atoms with Gasteiger partial charge in [0.25, 0.3) is 0 Å². The third-order valence-corrected chi connectivity index (χ3v) is 4.32. The number of benzene rings is 2. The molecule has 6 nitrogen and oxygen atoms in total. The smallest absolute Gasteiger partial charge is 0.227 e.